The van der Waals surface area contributed by atoms with Crippen molar-refractivity contribution >= 4 is 11.3 Å². The van der Waals surface area contributed by atoms with Crippen molar-refractivity contribution in [1.82, 2.24) is 9.38 Å². The van der Waals surface area contributed by atoms with E-state index in [1.54, 1.807) is 6.92 Å². The summed E-state index contributed by atoms with van der Waals surface area (Å²) in [4.78, 5) is 15.7. The lowest BCUT2D eigenvalue weighted by molar-refractivity contribution is 0.101. The van der Waals surface area contributed by atoms with Crippen LogP contribution in [0.1, 0.15) is 48.3 Å². The fraction of sp³-hybridized carbons (Fsp3) is 0.385. The largest absolute Gasteiger partial charge is 0.303 e. The third-order valence-electron chi connectivity index (χ3n) is 3.44. The number of fused-ring (bicyclic) bond motifs is 1. The summed E-state index contributed by atoms with van der Waals surface area (Å²) in [5, 5.41) is 0. The number of carbonyl (C=O) groups is 1. The molecule has 82 valence electrons. The van der Waals surface area contributed by atoms with Gasteiger partial charge in [0.25, 0.3) is 0 Å². The van der Waals surface area contributed by atoms with Crippen molar-refractivity contribution in [3.05, 3.63) is 35.9 Å². The smallest absolute Gasteiger partial charge is 0.159 e. The van der Waals surface area contributed by atoms with E-state index < -0.39 is 0 Å². The van der Waals surface area contributed by atoms with E-state index in [9.17, 15) is 4.79 Å². The van der Waals surface area contributed by atoms with Crippen LogP contribution in [0.5, 0.6) is 0 Å². The number of aromatic nitrogens is 2. The second-order valence-corrected chi connectivity index (χ2v) is 4.51. The van der Waals surface area contributed by atoms with E-state index in [2.05, 4.69) is 9.38 Å². The van der Waals surface area contributed by atoms with Crippen LogP contribution in [0.15, 0.2) is 24.5 Å². The summed E-state index contributed by atoms with van der Waals surface area (Å²) in [7, 11) is 0. The Morgan fingerprint density at radius 2 is 2.31 bits per heavy atom. The molecule has 1 fully saturated rings. The minimum absolute atomic E-state index is 0.105. The van der Waals surface area contributed by atoms with Crippen LogP contribution in [0.3, 0.4) is 0 Å². The van der Waals surface area contributed by atoms with Crippen LogP contribution in [0.2, 0.25) is 0 Å². The molecule has 0 radical (unpaired) electrons. The second kappa shape index (κ2) is 3.44. The lowest BCUT2D eigenvalue weighted by atomic mass is 9.85. The lowest BCUT2D eigenvalue weighted by Crippen LogP contribution is -2.12. The van der Waals surface area contributed by atoms with E-state index >= 15 is 0 Å². The molecule has 0 saturated heterocycles. The number of nitrogens with zero attached hydrogens (tertiary/aromatic N) is 2. The van der Waals surface area contributed by atoms with Crippen LogP contribution in [0, 0.1) is 0 Å². The van der Waals surface area contributed by atoms with Gasteiger partial charge in [0.05, 0.1) is 11.7 Å². The van der Waals surface area contributed by atoms with Gasteiger partial charge in [-0.05, 0) is 31.9 Å². The van der Waals surface area contributed by atoms with Crippen LogP contribution >= 0.6 is 0 Å². The molecule has 1 aliphatic rings. The quantitative estimate of drug-likeness (QED) is 0.720. The van der Waals surface area contributed by atoms with Crippen molar-refractivity contribution in [3.63, 3.8) is 0 Å². The minimum Gasteiger partial charge on any atom is -0.303 e. The van der Waals surface area contributed by atoms with Crippen LogP contribution < -0.4 is 0 Å². The fourth-order valence-corrected chi connectivity index (χ4v) is 2.21. The summed E-state index contributed by atoms with van der Waals surface area (Å²) < 4.78 is 2.11. The third-order valence-corrected chi connectivity index (χ3v) is 3.44. The number of rotatable bonds is 2. The van der Waals surface area contributed by atoms with Crippen molar-refractivity contribution < 1.29 is 4.79 Å². The molecule has 0 aliphatic heterocycles. The monoisotopic (exact) mass is 214 g/mol. The number of pyridine rings is 1. The fourth-order valence-electron chi connectivity index (χ4n) is 2.21. The van der Waals surface area contributed by atoms with Gasteiger partial charge >= 0.3 is 0 Å². The highest BCUT2D eigenvalue weighted by atomic mass is 16.1. The molecule has 2 aromatic heterocycles. The van der Waals surface area contributed by atoms with Crippen LogP contribution in [-0.2, 0) is 0 Å². The molecule has 0 aromatic carbocycles. The van der Waals surface area contributed by atoms with Crippen molar-refractivity contribution in [2.24, 2.45) is 0 Å². The molecule has 16 heavy (non-hydrogen) atoms. The molecule has 1 aliphatic carbocycles. The highest BCUT2D eigenvalue weighted by Gasteiger charge is 2.23. The molecule has 2 heterocycles. The first-order valence-electron chi connectivity index (χ1n) is 5.73. The third kappa shape index (κ3) is 1.35. The molecule has 0 bridgehead atoms. The van der Waals surface area contributed by atoms with E-state index in [0.717, 1.165) is 16.9 Å². The predicted octanol–water partition coefficient (Wildman–Crippen LogP) is 2.80. The Hall–Kier alpha value is -1.64. The maximum Gasteiger partial charge on any atom is 0.159 e. The van der Waals surface area contributed by atoms with Crippen molar-refractivity contribution in [3.8, 4) is 0 Å². The molecule has 0 N–H and O–H groups in total. The SMILES string of the molecule is CC(=O)c1ccn2c(C3CCC3)ncc2c1. The van der Waals surface area contributed by atoms with E-state index in [1.807, 2.05) is 24.5 Å². The summed E-state index contributed by atoms with van der Waals surface area (Å²) in [5.74, 6) is 1.87. The molecule has 0 unspecified atom stereocenters. The van der Waals surface area contributed by atoms with Gasteiger partial charge in [0.1, 0.15) is 5.82 Å². The van der Waals surface area contributed by atoms with Crippen molar-refractivity contribution in [1.29, 1.82) is 0 Å². The van der Waals surface area contributed by atoms with Gasteiger partial charge in [-0.3, -0.25) is 4.79 Å². The minimum atomic E-state index is 0.105. The lowest BCUT2D eigenvalue weighted by Gasteiger charge is -2.23. The zero-order chi connectivity index (χ0) is 11.1. The first-order chi connectivity index (χ1) is 7.75. The normalized spacial score (nSPS) is 16.3. The van der Waals surface area contributed by atoms with Gasteiger partial charge in [-0.15, -0.1) is 0 Å². The molecule has 0 spiro atoms. The highest BCUT2D eigenvalue weighted by Crippen LogP contribution is 2.35. The second-order valence-electron chi connectivity index (χ2n) is 4.51. The number of imidazole rings is 1. The number of hydrogen-bond donors (Lipinski definition) is 0. The molecule has 3 rings (SSSR count). The molecule has 0 atom stereocenters. The molecule has 1 saturated carbocycles. The molecule has 0 amide bonds. The van der Waals surface area contributed by atoms with Gasteiger partial charge in [-0.2, -0.15) is 0 Å². The summed E-state index contributed by atoms with van der Waals surface area (Å²) >= 11 is 0. The van der Waals surface area contributed by atoms with Crippen LogP contribution in [0.25, 0.3) is 5.52 Å². The Morgan fingerprint density at radius 1 is 1.50 bits per heavy atom. The summed E-state index contributed by atoms with van der Waals surface area (Å²) in [5.41, 5.74) is 1.78. The van der Waals surface area contributed by atoms with Gasteiger partial charge < -0.3 is 4.40 Å². The standard InChI is InChI=1S/C13H14N2O/c1-9(16)11-5-6-15-12(7-11)8-14-13(15)10-3-2-4-10/h5-8,10H,2-4H2,1H3. The maximum atomic E-state index is 11.3. The Bertz CT molecular complexity index is 552. The van der Waals surface area contributed by atoms with Gasteiger partial charge in [0, 0.05) is 17.7 Å². The summed E-state index contributed by atoms with van der Waals surface area (Å²) in [6.07, 6.45) is 7.62. The van der Waals surface area contributed by atoms with E-state index in [-0.39, 0.29) is 5.78 Å². The zero-order valence-corrected chi connectivity index (χ0v) is 9.31. The van der Waals surface area contributed by atoms with Crippen LogP contribution in [-0.4, -0.2) is 15.2 Å². The number of carbonyl (C=O) groups excluding carboxylic acids is 1. The summed E-state index contributed by atoms with van der Waals surface area (Å²) in [6, 6.07) is 3.79. The highest BCUT2D eigenvalue weighted by molar-refractivity contribution is 5.95. The summed E-state index contributed by atoms with van der Waals surface area (Å²) in [6.45, 7) is 1.59. The number of ketones is 1. The average molecular weight is 214 g/mol. The van der Waals surface area contributed by atoms with Gasteiger partial charge in [-0.1, -0.05) is 6.42 Å². The number of hydrogen-bond acceptors (Lipinski definition) is 2. The Balaban J connectivity index is 2.10. The Morgan fingerprint density at radius 3 is 2.94 bits per heavy atom. The van der Waals surface area contributed by atoms with Gasteiger partial charge in [-0.25, -0.2) is 4.98 Å². The predicted molar refractivity (Wildman–Crippen MR) is 61.8 cm³/mol. The topological polar surface area (TPSA) is 34.4 Å². The maximum absolute atomic E-state index is 11.3. The Kier molecular flexibility index (Phi) is 2.06. The van der Waals surface area contributed by atoms with Gasteiger partial charge in [0.2, 0.25) is 0 Å². The van der Waals surface area contributed by atoms with Crippen molar-refractivity contribution in [2.45, 2.75) is 32.1 Å². The van der Waals surface area contributed by atoms with E-state index in [4.69, 9.17) is 0 Å². The van der Waals surface area contributed by atoms with Crippen LogP contribution in [0.4, 0.5) is 0 Å². The first-order valence-corrected chi connectivity index (χ1v) is 5.73. The first kappa shape index (κ1) is 9.58. The van der Waals surface area contributed by atoms with E-state index in [1.165, 1.54) is 19.3 Å². The molecule has 3 heteroatoms. The molecular weight excluding hydrogens is 200 g/mol. The van der Waals surface area contributed by atoms with Crippen molar-refractivity contribution in [2.75, 3.05) is 0 Å². The van der Waals surface area contributed by atoms with E-state index in [0.29, 0.717) is 5.92 Å². The Labute approximate surface area is 94.1 Å². The molecule has 2 aromatic rings. The van der Waals surface area contributed by atoms with Gasteiger partial charge in [0.15, 0.2) is 5.78 Å². The number of Topliss-reactive ketones (excluding diaryl/α,β-unsaturated/α-hetero) is 1. The molecule has 3 nitrogen and oxygen atoms in total. The zero-order valence-electron chi connectivity index (χ0n) is 9.31. The molecular formula is C13H14N2O. The average Bonchev–Trinajstić information content (AvgIpc) is 2.59.